The van der Waals surface area contributed by atoms with E-state index in [4.69, 9.17) is 9.52 Å². The van der Waals surface area contributed by atoms with Crippen LogP contribution in [0.5, 0.6) is 0 Å². The molecule has 2 aliphatic carbocycles. The second-order valence-corrected chi connectivity index (χ2v) is 9.92. The average molecular weight is 485 g/mol. The van der Waals surface area contributed by atoms with Crippen molar-refractivity contribution in [2.24, 2.45) is 10.4 Å². The van der Waals surface area contributed by atoms with Gasteiger partial charge in [-0.15, -0.1) is 0 Å². The minimum Gasteiger partial charge on any atom is -0.511 e. The first-order valence-electron chi connectivity index (χ1n) is 10.5. The van der Waals surface area contributed by atoms with Gasteiger partial charge in [0.2, 0.25) is 0 Å². The molecule has 162 valence electrons. The number of hydrogen-bond acceptors (Lipinski definition) is 6. The second kappa shape index (κ2) is 8.54. The molecular weight excluding hydrogens is 460 g/mol. The average Bonchev–Trinajstić information content (AvgIpc) is 3.10. The number of fused-ring (bicyclic) bond motifs is 1. The Balaban J connectivity index is 1.69. The van der Waals surface area contributed by atoms with Gasteiger partial charge in [0.15, 0.2) is 11.6 Å². The van der Waals surface area contributed by atoms with Crippen molar-refractivity contribution < 1.29 is 19.2 Å². The second-order valence-electron chi connectivity index (χ2n) is 9.00. The topological polar surface area (TPSA) is 92.8 Å². The smallest absolute Gasteiger partial charge is 0.168 e. The monoisotopic (exact) mass is 484 g/mol. The van der Waals surface area contributed by atoms with E-state index in [-0.39, 0.29) is 22.7 Å². The molecule has 0 amide bonds. The lowest BCUT2D eigenvalue weighted by Crippen LogP contribution is -2.29. The molecule has 0 bridgehead atoms. The number of nitrogens with zero attached hydrogens (tertiary/aromatic N) is 2. The number of allylic oxidation sites excluding steroid dienone is 2. The number of ketones is 2. The highest BCUT2D eigenvalue weighted by molar-refractivity contribution is 9.10. The van der Waals surface area contributed by atoms with Crippen LogP contribution in [0.4, 0.5) is 5.69 Å². The van der Waals surface area contributed by atoms with Crippen LogP contribution in [-0.2, 0) is 17.6 Å². The van der Waals surface area contributed by atoms with Gasteiger partial charge in [-0.3, -0.25) is 14.6 Å². The molecule has 1 aromatic heterocycles. The maximum absolute atomic E-state index is 13.0. The summed E-state index contributed by atoms with van der Waals surface area (Å²) < 4.78 is 6.32. The molecule has 7 heteroatoms. The Bertz CT molecular complexity index is 1090. The van der Waals surface area contributed by atoms with Crippen molar-refractivity contribution in [1.82, 2.24) is 5.16 Å². The number of rotatable bonds is 5. The van der Waals surface area contributed by atoms with E-state index in [0.29, 0.717) is 72.5 Å². The van der Waals surface area contributed by atoms with Crippen molar-refractivity contribution in [3.8, 4) is 0 Å². The van der Waals surface area contributed by atoms with Gasteiger partial charge in [-0.1, -0.05) is 34.9 Å². The van der Waals surface area contributed by atoms with Crippen LogP contribution in [0.1, 0.15) is 67.8 Å². The number of hydrogen-bond donors (Lipinski definition) is 1. The molecule has 0 unspecified atom stereocenters. The van der Waals surface area contributed by atoms with Crippen LogP contribution >= 0.6 is 15.9 Å². The molecule has 0 aliphatic heterocycles. The number of aliphatic hydroxyl groups is 1. The maximum atomic E-state index is 13.0. The Labute approximate surface area is 189 Å². The molecule has 1 heterocycles. The van der Waals surface area contributed by atoms with Crippen molar-refractivity contribution in [2.45, 2.75) is 58.8 Å². The van der Waals surface area contributed by atoms with Crippen molar-refractivity contribution in [3.05, 3.63) is 57.1 Å². The third-order valence-electron chi connectivity index (χ3n) is 5.75. The highest BCUT2D eigenvalue weighted by atomic mass is 79.9. The minimum atomic E-state index is -0.287. The molecule has 0 radical (unpaired) electrons. The lowest BCUT2D eigenvalue weighted by molar-refractivity contribution is -0.117. The van der Waals surface area contributed by atoms with Crippen molar-refractivity contribution in [1.29, 1.82) is 0 Å². The van der Waals surface area contributed by atoms with E-state index < -0.39 is 0 Å². The van der Waals surface area contributed by atoms with E-state index >= 15 is 0 Å². The van der Waals surface area contributed by atoms with Crippen LogP contribution in [0.25, 0.3) is 0 Å². The molecule has 0 atom stereocenters. The van der Waals surface area contributed by atoms with Gasteiger partial charge in [0.25, 0.3) is 0 Å². The van der Waals surface area contributed by atoms with Crippen LogP contribution in [0.2, 0.25) is 0 Å². The molecular formula is C24H25BrN2O4. The van der Waals surface area contributed by atoms with Gasteiger partial charge in [-0.25, -0.2) is 0 Å². The van der Waals surface area contributed by atoms with Crippen molar-refractivity contribution in [3.63, 3.8) is 0 Å². The number of carbonyl (C=O) groups is 2. The maximum Gasteiger partial charge on any atom is 0.168 e. The SMILES string of the molecule is CC1(C)CC(=O)C(C(CCc2noc3c2C(=O)CCC3)=Nc2ccc(Br)cc2)=C(O)C1. The van der Waals surface area contributed by atoms with E-state index in [1.165, 1.54) is 0 Å². The summed E-state index contributed by atoms with van der Waals surface area (Å²) in [5.74, 6) is 0.676. The van der Waals surface area contributed by atoms with Gasteiger partial charge in [-0.2, -0.15) is 0 Å². The lowest BCUT2D eigenvalue weighted by atomic mass is 9.75. The lowest BCUT2D eigenvalue weighted by Gasteiger charge is -2.30. The van der Waals surface area contributed by atoms with E-state index in [1.807, 2.05) is 38.1 Å². The van der Waals surface area contributed by atoms with Crippen LogP contribution in [0, 0.1) is 5.41 Å². The summed E-state index contributed by atoms with van der Waals surface area (Å²) in [7, 11) is 0. The fraction of sp³-hybridized carbons (Fsp3) is 0.417. The highest BCUT2D eigenvalue weighted by Gasteiger charge is 2.35. The Morgan fingerprint density at radius 2 is 1.90 bits per heavy atom. The highest BCUT2D eigenvalue weighted by Crippen LogP contribution is 2.37. The molecule has 0 fully saturated rings. The number of Topliss-reactive ketones (excluding diaryl/α,β-unsaturated/α-hetero) is 2. The third kappa shape index (κ3) is 4.71. The number of aromatic nitrogens is 1. The number of aryl methyl sites for hydroxylation is 2. The van der Waals surface area contributed by atoms with Crippen LogP contribution in [0.3, 0.4) is 0 Å². The summed E-state index contributed by atoms with van der Waals surface area (Å²) in [6.45, 7) is 3.94. The largest absolute Gasteiger partial charge is 0.511 e. The fourth-order valence-electron chi connectivity index (χ4n) is 4.32. The number of aliphatic imine (C=N–C) groups is 1. The summed E-state index contributed by atoms with van der Waals surface area (Å²) >= 11 is 3.41. The molecule has 1 N–H and O–H groups in total. The first kappa shape index (κ1) is 21.7. The quantitative estimate of drug-likeness (QED) is 0.536. The normalized spacial score (nSPS) is 19.0. The molecule has 4 rings (SSSR count). The zero-order chi connectivity index (χ0) is 22.2. The van der Waals surface area contributed by atoms with E-state index in [0.717, 1.165) is 10.9 Å². The van der Waals surface area contributed by atoms with Crippen LogP contribution in [-0.4, -0.2) is 27.5 Å². The van der Waals surface area contributed by atoms with Crippen LogP contribution in [0.15, 0.2) is 49.6 Å². The van der Waals surface area contributed by atoms with Gasteiger partial charge in [0, 0.05) is 30.2 Å². The predicted molar refractivity (Wildman–Crippen MR) is 121 cm³/mol. The standard InChI is InChI=1S/C24H25BrN2O4/c1-24(2)12-19(29)22(20(30)13-24)16(26-15-8-6-14(25)7-9-15)10-11-17-23-18(28)4-3-5-21(23)31-27-17/h6-9,29H,3-5,10-13H2,1-2H3. The molecule has 0 saturated carbocycles. The van der Waals surface area contributed by atoms with Crippen LogP contribution < -0.4 is 0 Å². The third-order valence-corrected chi connectivity index (χ3v) is 6.28. The first-order valence-corrected chi connectivity index (χ1v) is 11.3. The zero-order valence-corrected chi connectivity index (χ0v) is 19.3. The summed E-state index contributed by atoms with van der Waals surface area (Å²) in [4.78, 5) is 30.0. The molecule has 2 aliphatic rings. The number of aliphatic hydroxyl groups excluding tert-OH is 1. The number of benzene rings is 1. The Hall–Kier alpha value is -2.54. The first-order chi connectivity index (χ1) is 14.7. The molecule has 0 spiro atoms. The van der Waals surface area contributed by atoms with E-state index in [1.54, 1.807) is 0 Å². The van der Waals surface area contributed by atoms with E-state index in [9.17, 15) is 14.7 Å². The van der Waals surface area contributed by atoms with E-state index in [2.05, 4.69) is 21.1 Å². The Kier molecular flexibility index (Phi) is 5.97. The zero-order valence-electron chi connectivity index (χ0n) is 17.7. The van der Waals surface area contributed by atoms with Crippen molar-refractivity contribution >= 4 is 38.9 Å². The summed E-state index contributed by atoms with van der Waals surface area (Å²) in [6.07, 6.45) is 3.55. The summed E-state index contributed by atoms with van der Waals surface area (Å²) in [6, 6.07) is 7.45. The summed E-state index contributed by atoms with van der Waals surface area (Å²) in [5.41, 5.74) is 2.40. The fourth-order valence-corrected chi connectivity index (χ4v) is 4.58. The van der Waals surface area contributed by atoms with Gasteiger partial charge in [0.05, 0.1) is 28.2 Å². The minimum absolute atomic E-state index is 0.0569. The Morgan fingerprint density at radius 1 is 1.16 bits per heavy atom. The molecule has 2 aromatic rings. The van der Waals surface area contributed by atoms with Gasteiger partial charge < -0.3 is 9.63 Å². The van der Waals surface area contributed by atoms with Gasteiger partial charge >= 0.3 is 0 Å². The number of carbonyl (C=O) groups excluding carboxylic acids is 2. The Morgan fingerprint density at radius 3 is 2.61 bits per heavy atom. The molecule has 31 heavy (non-hydrogen) atoms. The molecule has 1 aromatic carbocycles. The number of halogens is 1. The molecule has 0 saturated heterocycles. The van der Waals surface area contributed by atoms with Gasteiger partial charge in [0.1, 0.15) is 11.5 Å². The van der Waals surface area contributed by atoms with Crippen molar-refractivity contribution in [2.75, 3.05) is 0 Å². The summed E-state index contributed by atoms with van der Waals surface area (Å²) in [5, 5.41) is 14.9. The van der Waals surface area contributed by atoms with Gasteiger partial charge in [-0.05, 0) is 48.9 Å². The molecule has 6 nitrogen and oxygen atoms in total. The predicted octanol–water partition coefficient (Wildman–Crippen LogP) is 5.86.